The van der Waals surface area contributed by atoms with Gasteiger partial charge in [-0.1, -0.05) is 30.3 Å². The number of carbonyl (C=O) groups excluding carboxylic acids is 1. The Labute approximate surface area is 96.0 Å². The van der Waals surface area contributed by atoms with E-state index in [9.17, 15) is 4.79 Å². The summed E-state index contributed by atoms with van der Waals surface area (Å²) < 4.78 is 5.48. The summed E-state index contributed by atoms with van der Waals surface area (Å²) >= 11 is 0. The average Bonchev–Trinajstić information content (AvgIpc) is 2.25. The van der Waals surface area contributed by atoms with Crippen LogP contribution in [0.5, 0.6) is 0 Å². The molecule has 0 spiro atoms. The summed E-state index contributed by atoms with van der Waals surface area (Å²) in [7, 11) is 3.90. The molecule has 0 aliphatic heterocycles. The molecule has 1 aromatic rings. The molecule has 0 heterocycles. The minimum Gasteiger partial charge on any atom is -0.367 e. The van der Waals surface area contributed by atoms with Crippen LogP contribution in [0.1, 0.15) is 11.7 Å². The summed E-state index contributed by atoms with van der Waals surface area (Å²) in [5, 5.41) is 0. The molecule has 16 heavy (non-hydrogen) atoms. The topological polar surface area (TPSA) is 55.6 Å². The molecule has 88 valence electrons. The molecule has 0 aliphatic carbocycles. The monoisotopic (exact) mass is 222 g/mol. The minimum atomic E-state index is -0.652. The number of rotatable bonds is 6. The smallest absolute Gasteiger partial charge is 0.251 e. The van der Waals surface area contributed by atoms with Crippen molar-refractivity contribution in [2.24, 2.45) is 5.73 Å². The van der Waals surface area contributed by atoms with Gasteiger partial charge in [-0.2, -0.15) is 0 Å². The molecular formula is C12H18N2O2. The highest BCUT2D eigenvalue weighted by Gasteiger charge is 2.17. The highest BCUT2D eigenvalue weighted by atomic mass is 16.5. The van der Waals surface area contributed by atoms with Crippen molar-refractivity contribution in [3.05, 3.63) is 35.9 Å². The summed E-state index contributed by atoms with van der Waals surface area (Å²) in [6, 6.07) is 9.29. The number of nitrogens with zero attached hydrogens (tertiary/aromatic N) is 1. The van der Waals surface area contributed by atoms with E-state index in [1.807, 2.05) is 49.3 Å². The van der Waals surface area contributed by atoms with Crippen molar-refractivity contribution in [2.45, 2.75) is 6.10 Å². The van der Waals surface area contributed by atoms with E-state index in [-0.39, 0.29) is 0 Å². The third-order valence-corrected chi connectivity index (χ3v) is 2.18. The van der Waals surface area contributed by atoms with Gasteiger partial charge in [-0.25, -0.2) is 0 Å². The van der Waals surface area contributed by atoms with E-state index in [0.717, 1.165) is 12.1 Å². The second-order valence-corrected chi connectivity index (χ2v) is 3.87. The molecule has 0 aliphatic rings. The molecule has 0 fully saturated rings. The van der Waals surface area contributed by atoms with Gasteiger partial charge in [0.05, 0.1) is 6.61 Å². The van der Waals surface area contributed by atoms with Crippen molar-refractivity contribution in [1.29, 1.82) is 0 Å². The number of primary amides is 1. The van der Waals surface area contributed by atoms with Crippen LogP contribution in [-0.4, -0.2) is 38.1 Å². The number of amides is 1. The molecule has 0 radical (unpaired) electrons. The Morgan fingerprint density at radius 1 is 1.38 bits per heavy atom. The first-order valence-electron chi connectivity index (χ1n) is 5.22. The molecule has 0 aromatic heterocycles. The predicted octanol–water partition coefficient (Wildman–Crippen LogP) is 0.791. The normalized spacial score (nSPS) is 12.7. The summed E-state index contributed by atoms with van der Waals surface area (Å²) in [6.07, 6.45) is -0.652. The van der Waals surface area contributed by atoms with Crippen LogP contribution in [0.2, 0.25) is 0 Å². The Morgan fingerprint density at radius 3 is 2.50 bits per heavy atom. The van der Waals surface area contributed by atoms with Crippen molar-refractivity contribution >= 4 is 5.91 Å². The van der Waals surface area contributed by atoms with Gasteiger partial charge in [0.25, 0.3) is 5.91 Å². The molecule has 0 saturated carbocycles. The van der Waals surface area contributed by atoms with E-state index in [1.165, 1.54) is 0 Å². The van der Waals surface area contributed by atoms with E-state index in [1.54, 1.807) is 0 Å². The first-order valence-corrected chi connectivity index (χ1v) is 5.22. The fourth-order valence-electron chi connectivity index (χ4n) is 1.32. The van der Waals surface area contributed by atoms with Crippen molar-refractivity contribution in [1.82, 2.24) is 4.90 Å². The Morgan fingerprint density at radius 2 is 2.00 bits per heavy atom. The lowest BCUT2D eigenvalue weighted by Gasteiger charge is -2.16. The third-order valence-electron chi connectivity index (χ3n) is 2.18. The molecule has 0 saturated heterocycles. The molecule has 1 unspecified atom stereocenters. The predicted molar refractivity (Wildman–Crippen MR) is 62.9 cm³/mol. The zero-order valence-corrected chi connectivity index (χ0v) is 9.72. The SMILES string of the molecule is CN(C)CCOC(C(N)=O)c1ccccc1. The van der Waals surface area contributed by atoms with Crippen LogP contribution >= 0.6 is 0 Å². The maximum Gasteiger partial charge on any atom is 0.251 e. The van der Waals surface area contributed by atoms with Gasteiger partial charge < -0.3 is 15.4 Å². The first-order chi connectivity index (χ1) is 7.61. The highest BCUT2D eigenvalue weighted by molar-refractivity contribution is 5.80. The molecule has 1 rings (SSSR count). The van der Waals surface area contributed by atoms with Crippen LogP contribution < -0.4 is 5.73 Å². The molecule has 4 nitrogen and oxygen atoms in total. The van der Waals surface area contributed by atoms with Gasteiger partial charge >= 0.3 is 0 Å². The second kappa shape index (κ2) is 6.25. The Balaban J connectivity index is 2.59. The lowest BCUT2D eigenvalue weighted by molar-refractivity contribution is -0.130. The van der Waals surface area contributed by atoms with E-state index in [0.29, 0.717) is 6.61 Å². The van der Waals surface area contributed by atoms with Crippen molar-refractivity contribution in [3.63, 3.8) is 0 Å². The number of ether oxygens (including phenoxy) is 1. The van der Waals surface area contributed by atoms with Crippen LogP contribution in [0.25, 0.3) is 0 Å². The molecular weight excluding hydrogens is 204 g/mol. The van der Waals surface area contributed by atoms with Gasteiger partial charge in [0.15, 0.2) is 6.10 Å². The number of hydrogen-bond donors (Lipinski definition) is 1. The average molecular weight is 222 g/mol. The zero-order valence-electron chi connectivity index (χ0n) is 9.72. The van der Waals surface area contributed by atoms with Crippen LogP contribution in [-0.2, 0) is 9.53 Å². The number of benzene rings is 1. The quantitative estimate of drug-likeness (QED) is 0.774. The van der Waals surface area contributed by atoms with Gasteiger partial charge in [-0.15, -0.1) is 0 Å². The summed E-state index contributed by atoms with van der Waals surface area (Å²) in [6.45, 7) is 1.24. The number of nitrogens with two attached hydrogens (primary N) is 1. The summed E-state index contributed by atoms with van der Waals surface area (Å²) in [5.74, 6) is -0.454. The minimum absolute atomic E-state index is 0.454. The highest BCUT2D eigenvalue weighted by Crippen LogP contribution is 2.16. The maximum absolute atomic E-state index is 11.3. The van der Waals surface area contributed by atoms with Crippen LogP contribution in [0.15, 0.2) is 30.3 Å². The van der Waals surface area contributed by atoms with Gasteiger partial charge in [-0.3, -0.25) is 4.79 Å². The van der Waals surface area contributed by atoms with Crippen LogP contribution in [0.3, 0.4) is 0 Å². The van der Waals surface area contributed by atoms with E-state index in [4.69, 9.17) is 10.5 Å². The fourth-order valence-corrected chi connectivity index (χ4v) is 1.32. The lowest BCUT2D eigenvalue weighted by Crippen LogP contribution is -2.27. The Hall–Kier alpha value is -1.39. The van der Waals surface area contributed by atoms with Gasteiger partial charge in [0, 0.05) is 6.54 Å². The number of likely N-dealkylation sites (N-methyl/N-ethyl adjacent to an activating group) is 1. The van der Waals surface area contributed by atoms with Crippen molar-refractivity contribution in [3.8, 4) is 0 Å². The van der Waals surface area contributed by atoms with Crippen LogP contribution in [0, 0.1) is 0 Å². The first kappa shape index (κ1) is 12.7. The van der Waals surface area contributed by atoms with Gasteiger partial charge in [0.2, 0.25) is 0 Å². The lowest BCUT2D eigenvalue weighted by atomic mass is 10.1. The van der Waals surface area contributed by atoms with Crippen molar-refractivity contribution in [2.75, 3.05) is 27.2 Å². The Bertz CT molecular complexity index is 325. The van der Waals surface area contributed by atoms with E-state index >= 15 is 0 Å². The van der Waals surface area contributed by atoms with E-state index in [2.05, 4.69) is 0 Å². The van der Waals surface area contributed by atoms with Crippen LogP contribution in [0.4, 0.5) is 0 Å². The standard InChI is InChI=1S/C12H18N2O2/c1-14(2)8-9-16-11(12(13)15)10-6-4-3-5-7-10/h3-7,11H,8-9H2,1-2H3,(H2,13,15). The molecule has 4 heteroatoms. The molecule has 1 atom stereocenters. The van der Waals surface area contributed by atoms with Crippen molar-refractivity contribution < 1.29 is 9.53 Å². The Kier molecular flexibility index (Phi) is 4.95. The second-order valence-electron chi connectivity index (χ2n) is 3.87. The van der Waals surface area contributed by atoms with Gasteiger partial charge in [0.1, 0.15) is 0 Å². The molecule has 1 amide bonds. The maximum atomic E-state index is 11.3. The zero-order chi connectivity index (χ0) is 12.0. The third kappa shape index (κ3) is 4.00. The summed E-state index contributed by atoms with van der Waals surface area (Å²) in [5.41, 5.74) is 6.11. The largest absolute Gasteiger partial charge is 0.367 e. The van der Waals surface area contributed by atoms with Gasteiger partial charge in [-0.05, 0) is 19.7 Å². The molecule has 1 aromatic carbocycles. The molecule has 0 bridgehead atoms. The molecule has 2 N–H and O–H groups in total. The number of carbonyl (C=O) groups is 1. The number of hydrogen-bond acceptors (Lipinski definition) is 3. The van der Waals surface area contributed by atoms with E-state index < -0.39 is 12.0 Å². The summed E-state index contributed by atoms with van der Waals surface area (Å²) in [4.78, 5) is 13.2. The fraction of sp³-hybridized carbons (Fsp3) is 0.417.